The van der Waals surface area contributed by atoms with Crippen LogP contribution in [-0.4, -0.2) is 12.0 Å². The van der Waals surface area contributed by atoms with E-state index in [2.05, 4.69) is 10.3 Å². The van der Waals surface area contributed by atoms with E-state index in [0.717, 1.165) is 11.1 Å². The number of hydrogen-bond donors (Lipinski definition) is 3. The van der Waals surface area contributed by atoms with E-state index in [1.165, 1.54) is 0 Å². The standard InChI is InChI=1S/C22H22N4O3/c23-21(26-22(24)27)25-18-11-12-19(28-14-16-7-3-1-4-8-16)20(13-18)29-15-17-9-5-2-6-10-17/h1-13H,14-15H2,(H5,23,24,25,26,27). The molecule has 0 fully saturated rings. The van der Waals surface area contributed by atoms with Crippen molar-refractivity contribution in [3.8, 4) is 11.5 Å². The Morgan fingerprint density at radius 2 is 1.34 bits per heavy atom. The maximum Gasteiger partial charge on any atom is 0.318 e. The van der Waals surface area contributed by atoms with Crippen molar-refractivity contribution in [3.63, 3.8) is 0 Å². The van der Waals surface area contributed by atoms with E-state index in [1.54, 1.807) is 18.2 Å². The van der Waals surface area contributed by atoms with E-state index in [-0.39, 0.29) is 5.96 Å². The minimum Gasteiger partial charge on any atom is -0.485 e. The minimum absolute atomic E-state index is 0.107. The highest BCUT2D eigenvalue weighted by Gasteiger charge is 2.09. The van der Waals surface area contributed by atoms with Gasteiger partial charge in [-0.3, -0.25) is 5.32 Å². The zero-order chi connectivity index (χ0) is 20.5. The van der Waals surface area contributed by atoms with Gasteiger partial charge in [-0.05, 0) is 23.3 Å². The monoisotopic (exact) mass is 390 g/mol. The summed E-state index contributed by atoms with van der Waals surface area (Å²) in [5, 5.41) is 2.22. The quantitative estimate of drug-likeness (QED) is 0.424. The van der Waals surface area contributed by atoms with Crippen molar-refractivity contribution in [2.24, 2.45) is 16.5 Å². The second kappa shape index (κ2) is 9.80. The average Bonchev–Trinajstić information content (AvgIpc) is 2.72. The van der Waals surface area contributed by atoms with Crippen molar-refractivity contribution in [3.05, 3.63) is 90.0 Å². The minimum atomic E-state index is -0.783. The van der Waals surface area contributed by atoms with Crippen molar-refractivity contribution in [2.45, 2.75) is 13.2 Å². The third-order valence-corrected chi connectivity index (χ3v) is 3.90. The molecule has 0 aromatic heterocycles. The van der Waals surface area contributed by atoms with Gasteiger partial charge in [-0.2, -0.15) is 0 Å². The van der Waals surface area contributed by atoms with Gasteiger partial charge in [0.15, 0.2) is 11.5 Å². The fraction of sp³-hybridized carbons (Fsp3) is 0.0909. The smallest absolute Gasteiger partial charge is 0.318 e. The fourth-order valence-corrected chi connectivity index (χ4v) is 2.56. The molecule has 0 saturated heterocycles. The highest BCUT2D eigenvalue weighted by Crippen LogP contribution is 2.33. The molecule has 29 heavy (non-hydrogen) atoms. The Morgan fingerprint density at radius 1 is 0.793 bits per heavy atom. The van der Waals surface area contributed by atoms with Gasteiger partial charge >= 0.3 is 6.03 Å². The van der Waals surface area contributed by atoms with Crippen LogP contribution in [0, 0.1) is 0 Å². The molecular formula is C22H22N4O3. The van der Waals surface area contributed by atoms with Crippen LogP contribution in [0.25, 0.3) is 0 Å². The van der Waals surface area contributed by atoms with Crippen molar-refractivity contribution in [1.82, 2.24) is 5.32 Å². The second-order valence-electron chi connectivity index (χ2n) is 6.17. The number of benzene rings is 3. The second-order valence-corrected chi connectivity index (χ2v) is 6.17. The molecule has 0 aliphatic carbocycles. The number of amides is 2. The number of urea groups is 1. The van der Waals surface area contributed by atoms with Crippen LogP contribution in [0.3, 0.4) is 0 Å². The van der Waals surface area contributed by atoms with Crippen LogP contribution < -0.4 is 26.3 Å². The first-order valence-electron chi connectivity index (χ1n) is 8.98. The molecular weight excluding hydrogens is 368 g/mol. The lowest BCUT2D eigenvalue weighted by Gasteiger charge is -2.14. The molecule has 2 amide bonds. The number of carbonyl (C=O) groups excluding carboxylic acids is 1. The zero-order valence-corrected chi connectivity index (χ0v) is 15.7. The molecule has 3 aromatic carbocycles. The first-order chi connectivity index (χ1) is 14.1. The number of rotatable bonds is 7. The SMILES string of the molecule is NC(=O)NC(N)=Nc1ccc(OCc2ccccc2)c(OCc2ccccc2)c1. The molecule has 0 atom stereocenters. The molecule has 0 bridgehead atoms. The van der Waals surface area contributed by atoms with Gasteiger partial charge in [0, 0.05) is 6.07 Å². The molecule has 148 valence electrons. The van der Waals surface area contributed by atoms with Gasteiger partial charge in [0.1, 0.15) is 13.2 Å². The summed E-state index contributed by atoms with van der Waals surface area (Å²) >= 11 is 0. The molecule has 0 unspecified atom stereocenters. The van der Waals surface area contributed by atoms with Crippen LogP contribution in [-0.2, 0) is 13.2 Å². The lowest BCUT2D eigenvalue weighted by molar-refractivity contribution is 0.253. The Morgan fingerprint density at radius 3 is 1.90 bits per heavy atom. The van der Waals surface area contributed by atoms with Gasteiger partial charge in [0.25, 0.3) is 0 Å². The molecule has 5 N–H and O–H groups in total. The van der Waals surface area contributed by atoms with Crippen LogP contribution in [0.2, 0.25) is 0 Å². The Bertz CT molecular complexity index is 976. The van der Waals surface area contributed by atoms with Crippen molar-refractivity contribution in [2.75, 3.05) is 0 Å². The summed E-state index contributed by atoms with van der Waals surface area (Å²) in [5.74, 6) is 0.979. The molecule has 0 radical (unpaired) electrons. The summed E-state index contributed by atoms with van der Waals surface area (Å²) in [5.41, 5.74) is 13.3. The largest absolute Gasteiger partial charge is 0.485 e. The van der Waals surface area contributed by atoms with E-state index in [0.29, 0.717) is 30.4 Å². The van der Waals surface area contributed by atoms with Gasteiger partial charge in [0.05, 0.1) is 5.69 Å². The maximum absolute atomic E-state index is 10.9. The van der Waals surface area contributed by atoms with Gasteiger partial charge in [-0.25, -0.2) is 9.79 Å². The Hall–Kier alpha value is -4.00. The summed E-state index contributed by atoms with van der Waals surface area (Å²) in [4.78, 5) is 15.0. The highest BCUT2D eigenvalue weighted by atomic mass is 16.5. The number of carbonyl (C=O) groups is 1. The van der Waals surface area contributed by atoms with Crippen LogP contribution in [0.15, 0.2) is 83.9 Å². The maximum atomic E-state index is 10.9. The number of nitrogens with zero attached hydrogens (tertiary/aromatic N) is 1. The molecule has 3 aromatic rings. The van der Waals surface area contributed by atoms with Crippen molar-refractivity contribution in [1.29, 1.82) is 0 Å². The molecule has 7 nitrogen and oxygen atoms in total. The number of hydrogen-bond acceptors (Lipinski definition) is 4. The van der Waals surface area contributed by atoms with Gasteiger partial charge < -0.3 is 20.9 Å². The molecule has 0 saturated carbocycles. The summed E-state index contributed by atoms with van der Waals surface area (Å²) in [6.45, 7) is 0.765. The van der Waals surface area contributed by atoms with E-state index in [9.17, 15) is 4.79 Å². The molecule has 7 heteroatoms. The summed E-state index contributed by atoms with van der Waals surface area (Å²) < 4.78 is 11.9. The van der Waals surface area contributed by atoms with E-state index in [4.69, 9.17) is 20.9 Å². The van der Waals surface area contributed by atoms with Crippen molar-refractivity contribution < 1.29 is 14.3 Å². The molecule has 0 heterocycles. The third kappa shape index (κ3) is 6.28. The van der Waals surface area contributed by atoms with E-state index >= 15 is 0 Å². The predicted molar refractivity (Wildman–Crippen MR) is 112 cm³/mol. The van der Waals surface area contributed by atoms with Gasteiger partial charge in [-0.1, -0.05) is 60.7 Å². The predicted octanol–water partition coefficient (Wildman–Crippen LogP) is 3.46. The molecule has 3 rings (SSSR count). The Balaban J connectivity index is 1.80. The Kier molecular flexibility index (Phi) is 6.67. The highest BCUT2D eigenvalue weighted by molar-refractivity contribution is 5.95. The number of primary amides is 1. The van der Waals surface area contributed by atoms with Crippen LogP contribution in [0.5, 0.6) is 11.5 Å². The zero-order valence-electron chi connectivity index (χ0n) is 15.7. The third-order valence-electron chi connectivity index (χ3n) is 3.90. The fourth-order valence-electron chi connectivity index (χ4n) is 2.56. The molecule has 0 aliphatic heterocycles. The van der Waals surface area contributed by atoms with Gasteiger partial charge in [-0.15, -0.1) is 0 Å². The Labute approximate surface area is 169 Å². The first-order valence-corrected chi connectivity index (χ1v) is 8.98. The number of aliphatic imine (C=N–C) groups is 1. The lowest BCUT2D eigenvalue weighted by Crippen LogP contribution is -2.39. The summed E-state index contributed by atoms with van der Waals surface area (Å²) in [6, 6.07) is 24.0. The molecule has 0 aliphatic rings. The number of nitrogens with two attached hydrogens (primary N) is 2. The topological polar surface area (TPSA) is 112 Å². The van der Waals surface area contributed by atoms with Gasteiger partial charge in [0.2, 0.25) is 5.96 Å². The van der Waals surface area contributed by atoms with Crippen LogP contribution in [0.1, 0.15) is 11.1 Å². The summed E-state index contributed by atoms with van der Waals surface area (Å²) in [6.07, 6.45) is 0. The first kappa shape index (κ1) is 19.8. The lowest BCUT2D eigenvalue weighted by atomic mass is 10.2. The number of ether oxygens (including phenoxy) is 2. The summed E-state index contributed by atoms with van der Waals surface area (Å²) in [7, 11) is 0. The van der Waals surface area contributed by atoms with E-state index < -0.39 is 6.03 Å². The molecule has 0 spiro atoms. The average molecular weight is 390 g/mol. The normalized spacial score (nSPS) is 11.0. The van der Waals surface area contributed by atoms with Crippen LogP contribution >= 0.6 is 0 Å². The number of nitrogens with one attached hydrogen (secondary N) is 1. The number of guanidine groups is 1. The van der Waals surface area contributed by atoms with Crippen LogP contribution in [0.4, 0.5) is 10.5 Å². The van der Waals surface area contributed by atoms with Crippen molar-refractivity contribution >= 4 is 17.7 Å². The van der Waals surface area contributed by atoms with E-state index in [1.807, 2.05) is 60.7 Å².